The minimum Gasteiger partial charge on any atom is -0.465 e. The van der Waals surface area contributed by atoms with Crippen LogP contribution < -0.4 is 4.74 Å². The molecule has 0 unspecified atom stereocenters. The molecule has 0 saturated carbocycles. The largest absolute Gasteiger partial charge is 0.573 e. The summed E-state index contributed by atoms with van der Waals surface area (Å²) in [7, 11) is 0.990. The standard InChI is InChI=1S/C16H10F6O3/c1-24-14(23)12-7-4-10(8-13(12)25-16(20,21)22)9-2-5-11(6-3-9)15(17,18)19/h2-8H,1H3. The van der Waals surface area contributed by atoms with Crippen molar-refractivity contribution in [2.75, 3.05) is 7.11 Å². The van der Waals surface area contributed by atoms with Crippen LogP contribution in [0.2, 0.25) is 0 Å². The smallest absolute Gasteiger partial charge is 0.465 e. The van der Waals surface area contributed by atoms with E-state index in [9.17, 15) is 31.1 Å². The Morgan fingerprint density at radius 3 is 1.92 bits per heavy atom. The first kappa shape index (κ1) is 18.6. The molecule has 0 N–H and O–H groups in total. The summed E-state index contributed by atoms with van der Waals surface area (Å²) in [5, 5.41) is 0. The number of benzene rings is 2. The summed E-state index contributed by atoms with van der Waals surface area (Å²) in [6.07, 6.45) is -9.58. The highest BCUT2D eigenvalue weighted by atomic mass is 19.4. The molecule has 0 saturated heterocycles. The van der Waals surface area contributed by atoms with Crippen LogP contribution in [0.4, 0.5) is 26.3 Å². The SMILES string of the molecule is COC(=O)c1ccc(-c2ccc(C(F)(F)F)cc2)cc1OC(F)(F)F. The lowest BCUT2D eigenvalue weighted by Crippen LogP contribution is -2.19. The average molecular weight is 364 g/mol. The number of methoxy groups -OCH3 is 1. The van der Waals surface area contributed by atoms with E-state index >= 15 is 0 Å². The van der Waals surface area contributed by atoms with E-state index in [2.05, 4.69) is 9.47 Å². The molecule has 0 aliphatic rings. The highest BCUT2D eigenvalue weighted by Crippen LogP contribution is 2.34. The van der Waals surface area contributed by atoms with Crippen molar-refractivity contribution in [1.29, 1.82) is 0 Å². The predicted molar refractivity (Wildman–Crippen MR) is 74.9 cm³/mol. The number of carbonyl (C=O) groups is 1. The number of halogens is 6. The summed E-state index contributed by atoms with van der Waals surface area (Å²) < 4.78 is 83.4. The third-order valence-electron chi connectivity index (χ3n) is 3.16. The van der Waals surface area contributed by atoms with Gasteiger partial charge in [-0.3, -0.25) is 0 Å². The van der Waals surface area contributed by atoms with Crippen LogP contribution in [0, 0.1) is 0 Å². The van der Waals surface area contributed by atoms with Crippen molar-refractivity contribution in [3.63, 3.8) is 0 Å². The fourth-order valence-corrected chi connectivity index (χ4v) is 2.04. The molecule has 0 fully saturated rings. The number of carbonyl (C=O) groups excluding carboxylic acids is 1. The van der Waals surface area contributed by atoms with E-state index in [1.54, 1.807) is 0 Å². The lowest BCUT2D eigenvalue weighted by Gasteiger charge is -2.14. The van der Waals surface area contributed by atoms with Crippen molar-refractivity contribution in [2.24, 2.45) is 0 Å². The lowest BCUT2D eigenvalue weighted by molar-refractivity contribution is -0.274. The number of alkyl halides is 6. The molecule has 9 heteroatoms. The summed E-state index contributed by atoms with van der Waals surface area (Å²) in [4.78, 5) is 11.5. The minimum atomic E-state index is -5.05. The molecule has 0 aliphatic heterocycles. The van der Waals surface area contributed by atoms with Crippen LogP contribution in [0.15, 0.2) is 42.5 Å². The van der Waals surface area contributed by atoms with Crippen molar-refractivity contribution >= 4 is 5.97 Å². The summed E-state index contributed by atoms with van der Waals surface area (Å²) in [6, 6.07) is 7.03. The zero-order chi connectivity index (χ0) is 18.8. The van der Waals surface area contributed by atoms with Crippen LogP contribution in [0.3, 0.4) is 0 Å². The topological polar surface area (TPSA) is 35.5 Å². The van der Waals surface area contributed by atoms with Gasteiger partial charge in [0.1, 0.15) is 11.3 Å². The van der Waals surface area contributed by atoms with E-state index in [1.165, 1.54) is 6.07 Å². The number of ether oxygens (including phenoxy) is 2. The molecule has 0 amide bonds. The molecule has 3 nitrogen and oxygen atoms in total. The molecule has 0 aliphatic carbocycles. The summed E-state index contributed by atoms with van der Waals surface area (Å²) in [5.74, 6) is -1.85. The molecule has 0 bridgehead atoms. The maximum absolute atomic E-state index is 12.6. The van der Waals surface area contributed by atoms with Crippen LogP contribution in [-0.4, -0.2) is 19.4 Å². The third kappa shape index (κ3) is 4.65. The molecule has 0 spiro atoms. The zero-order valence-corrected chi connectivity index (χ0v) is 12.5. The first-order valence-corrected chi connectivity index (χ1v) is 6.67. The van der Waals surface area contributed by atoms with E-state index in [0.717, 1.165) is 43.5 Å². The highest BCUT2D eigenvalue weighted by Gasteiger charge is 2.33. The Balaban J connectivity index is 2.45. The van der Waals surface area contributed by atoms with Crippen LogP contribution in [0.25, 0.3) is 11.1 Å². The van der Waals surface area contributed by atoms with Gasteiger partial charge in [0, 0.05) is 0 Å². The molecule has 0 radical (unpaired) electrons. The second kappa shape index (κ2) is 6.66. The van der Waals surface area contributed by atoms with E-state index in [1.807, 2.05) is 0 Å². The van der Waals surface area contributed by atoms with Gasteiger partial charge in [-0.2, -0.15) is 13.2 Å². The second-order valence-electron chi connectivity index (χ2n) is 4.83. The van der Waals surface area contributed by atoms with Crippen molar-refractivity contribution in [1.82, 2.24) is 0 Å². The van der Waals surface area contributed by atoms with Crippen LogP contribution >= 0.6 is 0 Å². The van der Waals surface area contributed by atoms with Crippen molar-refractivity contribution in [3.8, 4) is 16.9 Å². The van der Waals surface area contributed by atoms with Gasteiger partial charge in [0.05, 0.1) is 12.7 Å². The monoisotopic (exact) mass is 364 g/mol. The molecule has 25 heavy (non-hydrogen) atoms. The summed E-state index contributed by atoms with van der Waals surface area (Å²) in [5.41, 5.74) is -0.998. The fraction of sp³-hybridized carbons (Fsp3) is 0.188. The Kier molecular flexibility index (Phi) is 4.96. The van der Waals surface area contributed by atoms with Crippen LogP contribution in [0.1, 0.15) is 15.9 Å². The van der Waals surface area contributed by atoms with Gasteiger partial charge in [-0.15, -0.1) is 13.2 Å². The number of hydrogen-bond acceptors (Lipinski definition) is 3. The Labute approximate surface area is 137 Å². The van der Waals surface area contributed by atoms with Gasteiger partial charge in [0.2, 0.25) is 0 Å². The van der Waals surface area contributed by atoms with E-state index in [4.69, 9.17) is 0 Å². The molecule has 2 rings (SSSR count). The first-order chi connectivity index (χ1) is 11.5. The van der Waals surface area contributed by atoms with Gasteiger partial charge in [-0.05, 0) is 35.4 Å². The van der Waals surface area contributed by atoms with Crippen LogP contribution in [-0.2, 0) is 10.9 Å². The molecule has 134 valence electrons. The molecule has 0 atom stereocenters. The Bertz CT molecular complexity index is 763. The van der Waals surface area contributed by atoms with Crippen molar-refractivity contribution in [2.45, 2.75) is 12.5 Å². The molecular formula is C16H10F6O3. The van der Waals surface area contributed by atoms with Crippen molar-refractivity contribution in [3.05, 3.63) is 53.6 Å². The second-order valence-corrected chi connectivity index (χ2v) is 4.83. The summed E-state index contributed by atoms with van der Waals surface area (Å²) in [6.45, 7) is 0. The molecular weight excluding hydrogens is 354 g/mol. The highest BCUT2D eigenvalue weighted by molar-refractivity contribution is 5.93. The quantitative estimate of drug-likeness (QED) is 0.564. The fourth-order valence-electron chi connectivity index (χ4n) is 2.04. The van der Waals surface area contributed by atoms with E-state index in [0.29, 0.717) is 0 Å². The third-order valence-corrected chi connectivity index (χ3v) is 3.16. The van der Waals surface area contributed by atoms with Gasteiger partial charge < -0.3 is 9.47 Å². The normalized spacial score (nSPS) is 12.0. The van der Waals surface area contributed by atoms with Gasteiger partial charge in [0.15, 0.2) is 0 Å². The zero-order valence-electron chi connectivity index (χ0n) is 12.5. The lowest BCUT2D eigenvalue weighted by atomic mass is 10.0. The maximum Gasteiger partial charge on any atom is 0.573 e. The van der Waals surface area contributed by atoms with Crippen LogP contribution in [0.5, 0.6) is 5.75 Å². The molecule has 0 aromatic heterocycles. The average Bonchev–Trinajstić information content (AvgIpc) is 2.52. The Morgan fingerprint density at radius 2 is 1.44 bits per heavy atom. The predicted octanol–water partition coefficient (Wildman–Crippen LogP) is 5.06. The molecule has 2 aromatic carbocycles. The van der Waals surface area contributed by atoms with E-state index < -0.39 is 35.4 Å². The van der Waals surface area contributed by atoms with E-state index in [-0.39, 0.29) is 11.1 Å². The number of rotatable bonds is 3. The van der Waals surface area contributed by atoms with Gasteiger partial charge in [0.25, 0.3) is 0 Å². The number of hydrogen-bond donors (Lipinski definition) is 0. The first-order valence-electron chi connectivity index (χ1n) is 6.67. The maximum atomic E-state index is 12.6. The number of esters is 1. The Hall–Kier alpha value is -2.71. The van der Waals surface area contributed by atoms with Gasteiger partial charge >= 0.3 is 18.5 Å². The molecule has 2 aromatic rings. The van der Waals surface area contributed by atoms with Gasteiger partial charge in [-0.25, -0.2) is 4.79 Å². The molecule has 0 heterocycles. The summed E-state index contributed by atoms with van der Waals surface area (Å²) >= 11 is 0. The van der Waals surface area contributed by atoms with Gasteiger partial charge in [-0.1, -0.05) is 18.2 Å². The minimum absolute atomic E-state index is 0.139. The van der Waals surface area contributed by atoms with Crippen molar-refractivity contribution < 1.29 is 40.6 Å². The Morgan fingerprint density at radius 1 is 0.880 bits per heavy atom.